The molecule has 0 bridgehead atoms. The van der Waals surface area contributed by atoms with Crippen LogP contribution in [0.1, 0.15) is 6.42 Å². The molecule has 0 aromatic carbocycles. The van der Waals surface area contributed by atoms with Crippen LogP contribution in [0.2, 0.25) is 0 Å². The third-order valence-electron chi connectivity index (χ3n) is 1.15. The van der Waals surface area contributed by atoms with Gasteiger partial charge in [0.25, 0.3) is 0 Å². The number of aliphatic carboxylic acids is 1. The van der Waals surface area contributed by atoms with Crippen LogP contribution >= 0.6 is 0 Å². The highest BCUT2D eigenvalue weighted by molar-refractivity contribution is 5.75. The van der Waals surface area contributed by atoms with Crippen molar-refractivity contribution in [3.05, 3.63) is 23.9 Å². The Morgan fingerprint density at radius 1 is 1.73 bits per heavy atom. The van der Waals surface area contributed by atoms with Gasteiger partial charge >= 0.3 is 5.97 Å². The lowest BCUT2D eigenvalue weighted by atomic mass is 10.2. The van der Waals surface area contributed by atoms with Crippen molar-refractivity contribution in [2.75, 3.05) is 0 Å². The summed E-state index contributed by atoms with van der Waals surface area (Å²) in [5.74, 6) is -0.843. The minimum Gasteiger partial charge on any atom is -0.481 e. The Bertz CT molecular complexity index is 241. The number of nitrogens with one attached hydrogen (secondary N) is 1. The monoisotopic (exact) mass is 152 g/mol. The van der Waals surface area contributed by atoms with E-state index in [2.05, 4.69) is 10.5 Å². The summed E-state index contributed by atoms with van der Waals surface area (Å²) < 4.78 is 0. The predicted octanol–water partition coefficient (Wildman–Crippen LogP) is 0.490. The molecule has 1 heterocycles. The zero-order valence-corrected chi connectivity index (χ0v) is 5.82. The smallest absolute Gasteiger partial charge is 0.307 e. The zero-order chi connectivity index (χ0) is 8.10. The van der Waals surface area contributed by atoms with Crippen LogP contribution in [-0.2, 0) is 4.79 Å². The average molecular weight is 152 g/mol. The Labute approximate surface area is 63.9 Å². The molecular weight excluding hydrogens is 144 g/mol. The lowest BCUT2D eigenvalue weighted by molar-refractivity contribution is -0.136. The summed E-state index contributed by atoms with van der Waals surface area (Å²) in [6.45, 7) is 0. The number of hydrazone groups is 1. The highest BCUT2D eigenvalue weighted by Gasteiger charge is 2.00. The molecule has 0 aliphatic carbocycles. The van der Waals surface area contributed by atoms with Crippen molar-refractivity contribution in [3.63, 3.8) is 0 Å². The average Bonchev–Trinajstić information content (AvgIpc) is 2.14. The first-order valence-electron chi connectivity index (χ1n) is 3.15. The number of allylic oxidation sites excluding steroid dienone is 2. The van der Waals surface area contributed by atoms with E-state index in [1.807, 2.05) is 0 Å². The van der Waals surface area contributed by atoms with Gasteiger partial charge < -0.3 is 5.11 Å². The predicted molar refractivity (Wildman–Crippen MR) is 41.1 cm³/mol. The number of nitrogens with zero attached hydrogens (tertiary/aromatic N) is 1. The molecule has 4 heteroatoms. The second-order valence-electron chi connectivity index (χ2n) is 2.06. The van der Waals surface area contributed by atoms with Crippen molar-refractivity contribution in [1.29, 1.82) is 0 Å². The molecule has 0 aromatic rings. The van der Waals surface area contributed by atoms with Crippen molar-refractivity contribution < 1.29 is 9.90 Å². The summed E-state index contributed by atoms with van der Waals surface area (Å²) >= 11 is 0. The molecule has 0 atom stereocenters. The fourth-order valence-electron chi connectivity index (χ4n) is 0.706. The van der Waals surface area contributed by atoms with Crippen molar-refractivity contribution in [2.24, 2.45) is 5.10 Å². The van der Waals surface area contributed by atoms with Gasteiger partial charge in [0.1, 0.15) is 0 Å². The maximum absolute atomic E-state index is 10.2. The van der Waals surface area contributed by atoms with E-state index in [4.69, 9.17) is 5.11 Å². The molecule has 0 amide bonds. The molecule has 2 N–H and O–H groups in total. The molecule has 0 unspecified atom stereocenters. The molecule has 1 aliphatic heterocycles. The van der Waals surface area contributed by atoms with Crippen LogP contribution in [0.3, 0.4) is 0 Å². The van der Waals surface area contributed by atoms with E-state index in [9.17, 15) is 4.79 Å². The Balaban J connectivity index is 2.58. The molecule has 0 fully saturated rings. The SMILES string of the molecule is O=C(O)CC1=CNN=CC=C1. The summed E-state index contributed by atoms with van der Waals surface area (Å²) in [6, 6.07) is 0. The second-order valence-corrected chi connectivity index (χ2v) is 2.06. The first kappa shape index (κ1) is 7.53. The quantitative estimate of drug-likeness (QED) is 0.605. The first-order chi connectivity index (χ1) is 5.29. The van der Waals surface area contributed by atoms with Gasteiger partial charge in [0.2, 0.25) is 0 Å². The molecule has 58 valence electrons. The molecule has 0 saturated carbocycles. The molecule has 4 nitrogen and oxygen atoms in total. The van der Waals surface area contributed by atoms with Crippen LogP contribution in [0.15, 0.2) is 29.0 Å². The van der Waals surface area contributed by atoms with Crippen molar-refractivity contribution >= 4 is 12.2 Å². The molecule has 0 radical (unpaired) electrons. The highest BCUT2D eigenvalue weighted by atomic mass is 16.4. The molecule has 1 rings (SSSR count). The maximum Gasteiger partial charge on any atom is 0.307 e. The van der Waals surface area contributed by atoms with Crippen LogP contribution < -0.4 is 5.43 Å². The van der Waals surface area contributed by atoms with E-state index in [1.54, 1.807) is 24.6 Å². The Morgan fingerprint density at radius 2 is 2.55 bits per heavy atom. The largest absolute Gasteiger partial charge is 0.481 e. The van der Waals surface area contributed by atoms with Crippen molar-refractivity contribution in [1.82, 2.24) is 5.43 Å². The molecule has 11 heavy (non-hydrogen) atoms. The van der Waals surface area contributed by atoms with E-state index in [0.29, 0.717) is 5.57 Å². The number of hydrogen-bond donors (Lipinski definition) is 2. The first-order valence-corrected chi connectivity index (χ1v) is 3.15. The molecule has 0 spiro atoms. The van der Waals surface area contributed by atoms with Gasteiger partial charge in [0.15, 0.2) is 0 Å². The standard InChI is InChI=1S/C7H8N2O2/c10-7(11)4-6-2-1-3-8-9-5-6/h1-3,5,9H,4H2,(H,10,11). The lowest BCUT2D eigenvalue weighted by Crippen LogP contribution is -1.99. The molecular formula is C7H8N2O2. The van der Waals surface area contributed by atoms with Crippen LogP contribution in [0.4, 0.5) is 0 Å². The van der Waals surface area contributed by atoms with Crippen molar-refractivity contribution in [2.45, 2.75) is 6.42 Å². The Hall–Kier alpha value is -1.58. The molecule has 0 aromatic heterocycles. The van der Waals surface area contributed by atoms with E-state index in [-0.39, 0.29) is 6.42 Å². The summed E-state index contributed by atoms with van der Waals surface area (Å²) in [5, 5.41) is 12.1. The minimum atomic E-state index is -0.843. The summed E-state index contributed by atoms with van der Waals surface area (Å²) in [6.07, 6.45) is 6.54. The molecule has 0 saturated heterocycles. The topological polar surface area (TPSA) is 61.7 Å². The van der Waals surface area contributed by atoms with E-state index in [0.717, 1.165) is 0 Å². The maximum atomic E-state index is 10.2. The zero-order valence-electron chi connectivity index (χ0n) is 5.82. The number of carbonyl (C=O) groups is 1. The van der Waals surface area contributed by atoms with E-state index >= 15 is 0 Å². The van der Waals surface area contributed by atoms with Crippen molar-refractivity contribution in [3.8, 4) is 0 Å². The van der Waals surface area contributed by atoms with Gasteiger partial charge in [-0.05, 0) is 11.6 Å². The number of carboxylic acids is 1. The number of rotatable bonds is 2. The van der Waals surface area contributed by atoms with Gasteiger partial charge in [0, 0.05) is 12.4 Å². The van der Waals surface area contributed by atoms with Gasteiger partial charge in [-0.1, -0.05) is 6.08 Å². The van der Waals surface area contributed by atoms with Crippen LogP contribution in [0.25, 0.3) is 0 Å². The highest BCUT2D eigenvalue weighted by Crippen LogP contribution is 2.02. The third kappa shape index (κ3) is 2.66. The lowest BCUT2D eigenvalue weighted by Gasteiger charge is -1.94. The third-order valence-corrected chi connectivity index (χ3v) is 1.15. The van der Waals surface area contributed by atoms with Crippen LogP contribution in [0, 0.1) is 0 Å². The van der Waals surface area contributed by atoms with Gasteiger partial charge in [-0.2, -0.15) is 5.10 Å². The normalized spacial score (nSPS) is 15.1. The second kappa shape index (κ2) is 3.55. The minimum absolute atomic E-state index is 0.0207. The van der Waals surface area contributed by atoms with E-state index < -0.39 is 5.97 Å². The van der Waals surface area contributed by atoms with E-state index in [1.165, 1.54) is 0 Å². The van der Waals surface area contributed by atoms with Crippen LogP contribution in [-0.4, -0.2) is 17.3 Å². The van der Waals surface area contributed by atoms with Gasteiger partial charge in [-0.25, -0.2) is 0 Å². The molecule has 1 aliphatic rings. The van der Waals surface area contributed by atoms with Gasteiger partial charge in [-0.3, -0.25) is 10.2 Å². The number of hydrogen-bond acceptors (Lipinski definition) is 3. The fourth-order valence-corrected chi connectivity index (χ4v) is 0.706. The Morgan fingerprint density at radius 3 is 3.27 bits per heavy atom. The fraction of sp³-hybridized carbons (Fsp3) is 0.143. The van der Waals surface area contributed by atoms with Crippen LogP contribution in [0.5, 0.6) is 0 Å². The summed E-state index contributed by atoms with van der Waals surface area (Å²) in [4.78, 5) is 10.2. The summed E-state index contributed by atoms with van der Waals surface area (Å²) in [7, 11) is 0. The Kier molecular flexibility index (Phi) is 2.43. The van der Waals surface area contributed by atoms with Gasteiger partial charge in [-0.15, -0.1) is 0 Å². The van der Waals surface area contributed by atoms with Gasteiger partial charge in [0.05, 0.1) is 6.42 Å². The number of carboxylic acid groups (broad SMARTS) is 1. The summed E-state index contributed by atoms with van der Waals surface area (Å²) in [5.41, 5.74) is 3.29.